The Bertz CT molecular complexity index is 2960. The molecule has 10 rings (SSSR count). The fourth-order valence-corrected chi connectivity index (χ4v) is 7.95. The summed E-state index contributed by atoms with van der Waals surface area (Å²) in [5, 5.41) is 10.2. The zero-order valence-corrected chi connectivity index (χ0v) is 40.4. The molecule has 0 fully saturated rings. The first-order valence-electron chi connectivity index (χ1n) is 20.4. The molecular formula is C54H48Cl2O2SiZr-2. The van der Waals surface area contributed by atoms with Crippen molar-refractivity contribution in [2.45, 2.75) is 54.6 Å². The van der Waals surface area contributed by atoms with Gasteiger partial charge in [0.15, 0.2) is 0 Å². The first-order valence-corrected chi connectivity index (χ1v) is 32.9. The summed E-state index contributed by atoms with van der Waals surface area (Å²) in [5.74, 6) is 3.87. The Morgan fingerprint density at radius 1 is 0.450 bits per heavy atom. The molecule has 0 aliphatic carbocycles. The second-order valence-electron chi connectivity index (χ2n) is 16.1. The van der Waals surface area contributed by atoms with Gasteiger partial charge in [0.25, 0.3) is 0 Å². The molecule has 0 unspecified atom stereocenters. The average molecular weight is 919 g/mol. The van der Waals surface area contributed by atoms with E-state index in [2.05, 4.69) is 186 Å². The van der Waals surface area contributed by atoms with E-state index in [1.54, 1.807) is 0 Å². The van der Waals surface area contributed by atoms with Crippen molar-refractivity contribution in [2.24, 2.45) is 0 Å². The molecule has 0 radical (unpaired) electrons. The number of fused-ring (bicyclic) bond motifs is 4. The average Bonchev–Trinajstić information content (AvgIpc) is 4.03. The van der Waals surface area contributed by atoms with Crippen LogP contribution >= 0.6 is 17.0 Å². The maximum Gasteiger partial charge on any atom is 0.0925 e. The van der Waals surface area contributed by atoms with Crippen LogP contribution in [0.2, 0.25) is 13.1 Å². The van der Waals surface area contributed by atoms with E-state index in [1.807, 2.05) is 13.8 Å². The van der Waals surface area contributed by atoms with Crippen LogP contribution in [0, 0.1) is 41.5 Å². The molecule has 2 aromatic heterocycles. The van der Waals surface area contributed by atoms with Crippen molar-refractivity contribution in [3.05, 3.63) is 179 Å². The SMILES string of the molecule is C[Si](C)=[Zr]([Cl])[Cl].Cc1cc(-c2cc3c(-c4ccc5ccccc5c4)c(C)ccc3[cH-]2)oc1C.Cc1cc(-c2cc3c(-c4ccc5ccccc5c4)c(C)ccc3[cH-]2)oc1C. The van der Waals surface area contributed by atoms with Gasteiger partial charge in [-0.1, -0.05) is 107 Å². The summed E-state index contributed by atoms with van der Waals surface area (Å²) in [4.78, 5) is 0. The number of furan rings is 2. The fraction of sp³-hybridized carbons (Fsp3) is 0.148. The number of rotatable bonds is 4. The minimum Gasteiger partial charge on any atom is -0.496 e. The Hall–Kier alpha value is -4.70. The molecule has 0 amide bonds. The van der Waals surface area contributed by atoms with Crippen molar-refractivity contribution in [3.8, 4) is 44.9 Å². The standard InChI is InChI=1S/2C26H21O.C2H6Si.2ClH.Zr/c2*1-16-8-9-21-14-23(25-12-17(2)18(3)27-25)15-24(21)26(16)22-11-10-19-6-4-5-7-20(19)13-22;1-3-2;;;/h2*4-15H,1-3H3;1-2H3;2*1H;/q2*-1;;;;+2/p-2. The Balaban J connectivity index is 0.000000147. The summed E-state index contributed by atoms with van der Waals surface area (Å²) in [7, 11) is 11.2. The summed E-state index contributed by atoms with van der Waals surface area (Å²) in [6.07, 6.45) is 0. The van der Waals surface area contributed by atoms with Crippen LogP contribution in [0.4, 0.5) is 0 Å². The van der Waals surface area contributed by atoms with Gasteiger partial charge in [-0.15, -0.1) is 57.9 Å². The zero-order chi connectivity index (χ0) is 42.2. The number of benzene rings is 6. The van der Waals surface area contributed by atoms with Gasteiger partial charge in [-0.25, -0.2) is 0 Å². The van der Waals surface area contributed by atoms with Crippen molar-refractivity contribution in [1.29, 1.82) is 0 Å². The molecule has 6 heteroatoms. The molecule has 0 atom stereocenters. The summed E-state index contributed by atoms with van der Waals surface area (Å²) < 4.78 is 11.9. The van der Waals surface area contributed by atoms with E-state index in [-0.39, 0.29) is 5.43 Å². The maximum atomic E-state index is 5.96. The van der Waals surface area contributed by atoms with Crippen molar-refractivity contribution < 1.29 is 26.8 Å². The van der Waals surface area contributed by atoms with E-state index >= 15 is 0 Å². The third-order valence-electron chi connectivity index (χ3n) is 11.6. The Morgan fingerprint density at radius 2 is 0.833 bits per heavy atom. The third kappa shape index (κ3) is 8.72. The molecule has 0 saturated heterocycles. The maximum absolute atomic E-state index is 5.96. The van der Waals surface area contributed by atoms with Gasteiger partial charge in [0.2, 0.25) is 0 Å². The van der Waals surface area contributed by atoms with Gasteiger partial charge >= 0.3 is 53.5 Å². The topological polar surface area (TPSA) is 26.3 Å². The summed E-state index contributed by atoms with van der Waals surface area (Å²) in [5.41, 5.74) is 12.2. The van der Waals surface area contributed by atoms with E-state index in [9.17, 15) is 0 Å². The van der Waals surface area contributed by atoms with Crippen molar-refractivity contribution >= 4 is 65.5 Å². The molecule has 2 nitrogen and oxygen atoms in total. The van der Waals surface area contributed by atoms with Crippen LogP contribution in [0.5, 0.6) is 0 Å². The first-order chi connectivity index (χ1) is 28.8. The number of halogens is 2. The van der Waals surface area contributed by atoms with Gasteiger partial charge < -0.3 is 8.83 Å². The minimum atomic E-state index is -1.65. The monoisotopic (exact) mass is 916 g/mol. The normalized spacial score (nSPS) is 11.2. The molecule has 10 aromatic rings. The Labute approximate surface area is 368 Å². The molecule has 2 heterocycles. The minimum absolute atomic E-state index is 0.224. The van der Waals surface area contributed by atoms with Gasteiger partial charge in [0, 0.05) is 0 Å². The van der Waals surface area contributed by atoms with Crippen LogP contribution in [0.1, 0.15) is 33.8 Å². The van der Waals surface area contributed by atoms with Crippen LogP contribution in [0.3, 0.4) is 0 Å². The van der Waals surface area contributed by atoms with E-state index in [0.29, 0.717) is 0 Å². The molecular weight excluding hydrogens is 871 g/mol. The van der Waals surface area contributed by atoms with Gasteiger partial charge in [-0.2, -0.15) is 0 Å². The summed E-state index contributed by atoms with van der Waals surface area (Å²) in [6.45, 7) is 16.9. The van der Waals surface area contributed by atoms with Crippen LogP contribution in [-0.2, 0) is 18.0 Å². The molecule has 0 saturated carbocycles. The van der Waals surface area contributed by atoms with E-state index < -0.39 is 18.0 Å². The fourth-order valence-electron chi connectivity index (χ4n) is 7.95. The molecule has 8 aromatic carbocycles. The Kier molecular flexibility index (Phi) is 12.4. The van der Waals surface area contributed by atoms with Crippen LogP contribution in [0.25, 0.3) is 88.0 Å². The molecule has 0 N–H and O–H groups in total. The van der Waals surface area contributed by atoms with E-state index in [1.165, 1.54) is 87.6 Å². The zero-order valence-electron chi connectivity index (χ0n) is 35.4. The summed E-state index contributed by atoms with van der Waals surface area (Å²) in [6, 6.07) is 52.7. The molecule has 300 valence electrons. The quantitative estimate of drug-likeness (QED) is 0.130. The molecule has 0 aliphatic heterocycles. The van der Waals surface area contributed by atoms with Crippen LogP contribution in [0.15, 0.2) is 154 Å². The molecule has 0 aliphatic rings. The molecule has 60 heavy (non-hydrogen) atoms. The van der Waals surface area contributed by atoms with Gasteiger partial charge in [-0.05, 0) is 121 Å². The largest absolute Gasteiger partial charge is 0.496 e. The number of hydrogen-bond donors (Lipinski definition) is 0. The van der Waals surface area contributed by atoms with Crippen molar-refractivity contribution in [2.75, 3.05) is 0 Å². The van der Waals surface area contributed by atoms with Crippen LogP contribution in [-0.4, -0.2) is 5.43 Å². The van der Waals surface area contributed by atoms with Crippen molar-refractivity contribution in [3.63, 3.8) is 0 Å². The van der Waals surface area contributed by atoms with Gasteiger partial charge in [0.05, 0.1) is 23.0 Å². The van der Waals surface area contributed by atoms with Crippen molar-refractivity contribution in [1.82, 2.24) is 0 Å². The predicted molar refractivity (Wildman–Crippen MR) is 258 cm³/mol. The second-order valence-corrected chi connectivity index (χ2v) is 39.1. The molecule has 0 bridgehead atoms. The predicted octanol–water partition coefficient (Wildman–Crippen LogP) is 17.3. The summed E-state index contributed by atoms with van der Waals surface area (Å²) >= 11 is -1.65. The van der Waals surface area contributed by atoms with E-state index in [4.69, 9.17) is 25.9 Å². The number of aryl methyl sites for hydroxylation is 6. The smallest absolute Gasteiger partial charge is 0.0925 e. The molecule has 0 spiro atoms. The third-order valence-corrected chi connectivity index (χ3v) is 31.3. The van der Waals surface area contributed by atoms with Crippen LogP contribution < -0.4 is 0 Å². The Morgan fingerprint density at radius 3 is 1.18 bits per heavy atom. The van der Waals surface area contributed by atoms with E-state index in [0.717, 1.165) is 34.2 Å². The second kappa shape index (κ2) is 17.7. The van der Waals surface area contributed by atoms with Gasteiger partial charge in [-0.3, -0.25) is 0 Å². The first kappa shape index (κ1) is 42.0. The number of hydrogen-bond acceptors (Lipinski definition) is 2. The van der Waals surface area contributed by atoms with Gasteiger partial charge in [0.1, 0.15) is 0 Å².